The first-order chi connectivity index (χ1) is 2.00. The minimum atomic E-state index is -2.69. The van der Waals surface area contributed by atoms with Crippen molar-refractivity contribution >= 4 is 28.3 Å². The van der Waals surface area contributed by atoms with Gasteiger partial charge in [0.15, 0.2) is 0 Å². The van der Waals surface area contributed by atoms with Crippen LogP contribution in [0.15, 0.2) is 0 Å². The van der Waals surface area contributed by atoms with E-state index in [4.69, 9.17) is 22.5 Å². The van der Waals surface area contributed by atoms with E-state index in [9.17, 15) is 4.57 Å². The Labute approximate surface area is 40.2 Å². The van der Waals surface area contributed by atoms with Gasteiger partial charge in [0.05, 0.1) is 0 Å². The number of rotatable bonds is 0. The first kappa shape index (κ1) is 5.81. The Balaban J connectivity index is 3.47. The molecule has 0 aliphatic heterocycles. The van der Waals surface area contributed by atoms with E-state index in [1.807, 2.05) is 0 Å². The number of hydrogen-bond donors (Lipinski definition) is 0. The molecule has 0 aromatic carbocycles. The molecule has 1 nitrogen and oxygen atoms in total. The monoisotopic (exact) mass is 133 g/mol. The fourth-order valence-corrected chi connectivity index (χ4v) is 0. The van der Waals surface area contributed by atoms with E-state index in [1.54, 1.807) is 0 Å². The van der Waals surface area contributed by atoms with Crippen LogP contribution in [0.3, 0.4) is 0 Å². The molecule has 0 aliphatic rings. The zero-order valence-electron chi connectivity index (χ0n) is 2.61. The third-order valence-electron chi connectivity index (χ3n) is 0. The van der Waals surface area contributed by atoms with Gasteiger partial charge < -0.3 is 0 Å². The van der Waals surface area contributed by atoms with Crippen molar-refractivity contribution in [1.29, 1.82) is 0 Å². The third kappa shape index (κ3) is 57.9. The molecule has 0 bridgehead atoms. The van der Waals surface area contributed by atoms with Crippen LogP contribution in [-0.4, -0.2) is 6.66 Å². The highest BCUT2D eigenvalue weighted by Crippen LogP contribution is 2.52. The van der Waals surface area contributed by atoms with E-state index in [1.165, 1.54) is 6.66 Å². The lowest BCUT2D eigenvalue weighted by atomic mass is 12.9. The van der Waals surface area contributed by atoms with Gasteiger partial charge in [-0.05, 0) is 22.5 Å². The fourth-order valence-electron chi connectivity index (χ4n) is 0. The smallest absolute Gasteiger partial charge is 0.250 e. The van der Waals surface area contributed by atoms with Crippen molar-refractivity contribution in [1.82, 2.24) is 0 Å². The van der Waals surface area contributed by atoms with Crippen LogP contribution >= 0.6 is 28.3 Å². The summed E-state index contributed by atoms with van der Waals surface area (Å²) in [5.74, 6) is -2.69. The minimum Gasteiger partial charge on any atom is -0.290 e. The second kappa shape index (κ2) is 1.51. The number of halogens is 2. The Morgan fingerprint density at radius 3 is 1.60 bits per heavy atom. The highest BCUT2D eigenvalue weighted by molar-refractivity contribution is 8.08. The van der Waals surface area contributed by atoms with E-state index >= 15 is 0 Å². The maximum absolute atomic E-state index is 9.75. The summed E-state index contributed by atoms with van der Waals surface area (Å²) in [5.41, 5.74) is 0. The highest BCUT2D eigenvalue weighted by Gasteiger charge is 1.98. The van der Waals surface area contributed by atoms with Crippen molar-refractivity contribution in [2.45, 2.75) is 0 Å². The summed E-state index contributed by atoms with van der Waals surface area (Å²) in [6.45, 7) is 1.27. The zero-order chi connectivity index (χ0) is 4.50. The third-order valence-corrected chi connectivity index (χ3v) is 0. The van der Waals surface area contributed by atoms with Crippen molar-refractivity contribution in [2.75, 3.05) is 6.66 Å². The van der Waals surface area contributed by atoms with Gasteiger partial charge in [0.2, 0.25) is 5.85 Å². The molecule has 0 heterocycles. The molecule has 4 heteroatoms. The van der Waals surface area contributed by atoms with Crippen LogP contribution < -0.4 is 0 Å². The van der Waals surface area contributed by atoms with E-state index in [2.05, 4.69) is 0 Å². The number of hydrogen-bond acceptors (Lipinski definition) is 1. The predicted molar refractivity (Wildman–Crippen MR) is 25.2 cm³/mol. The molecular formula is CH3Cl2OP. The molecule has 0 unspecified atom stereocenters. The van der Waals surface area contributed by atoms with Crippen LogP contribution in [-0.2, 0) is 4.57 Å². The Kier molecular flexibility index (Phi) is 1.75. The van der Waals surface area contributed by atoms with Gasteiger partial charge in [-0.15, -0.1) is 0 Å². The lowest BCUT2D eigenvalue weighted by molar-refractivity contribution is 0.595. The average molecular weight is 134 g/mol. The summed E-state index contributed by atoms with van der Waals surface area (Å²) in [4.78, 5) is 0. The minimum absolute atomic E-state index is 1.27. The van der Waals surface area contributed by atoms with Crippen LogP contribution in [0.2, 0.25) is 0 Å². The molecule has 32 valence electrons. The largest absolute Gasteiger partial charge is 0.290 e. The predicted octanol–water partition coefficient (Wildman–Crippen LogP) is 2.29. The summed E-state index contributed by atoms with van der Waals surface area (Å²) in [6.07, 6.45) is 0. The Bertz CT molecular complexity index is 55.8. The van der Waals surface area contributed by atoms with Crippen LogP contribution in [0.25, 0.3) is 0 Å². The lowest BCUT2D eigenvalue weighted by Gasteiger charge is -1.78. The summed E-state index contributed by atoms with van der Waals surface area (Å²) in [7, 11) is 0. The normalized spacial score (nSPS) is 11.8. The first-order valence-corrected chi connectivity index (χ1v) is 4.93. The molecule has 0 fully saturated rings. The molecule has 0 saturated heterocycles. The van der Waals surface area contributed by atoms with Crippen LogP contribution in [0.1, 0.15) is 0 Å². The van der Waals surface area contributed by atoms with Crippen molar-refractivity contribution < 1.29 is 4.57 Å². The summed E-state index contributed by atoms with van der Waals surface area (Å²) in [6, 6.07) is 0. The van der Waals surface area contributed by atoms with Gasteiger partial charge in [-0.25, -0.2) is 0 Å². The van der Waals surface area contributed by atoms with Gasteiger partial charge in [0.1, 0.15) is 0 Å². The zero-order valence-corrected chi connectivity index (χ0v) is 5.02. The second-order valence-corrected chi connectivity index (χ2v) is 6.56. The van der Waals surface area contributed by atoms with Crippen molar-refractivity contribution in [3.05, 3.63) is 0 Å². The molecule has 0 radical (unpaired) electrons. The molecular weight excluding hydrogens is 131 g/mol. The molecule has 0 amide bonds. The fraction of sp³-hybridized carbons (Fsp3) is 1.00. The molecule has 0 N–H and O–H groups in total. The van der Waals surface area contributed by atoms with Crippen molar-refractivity contribution in [2.24, 2.45) is 0 Å². The second-order valence-electron chi connectivity index (χ2n) is 0.723. The van der Waals surface area contributed by atoms with Gasteiger partial charge in [-0.2, -0.15) is 0 Å². The topological polar surface area (TPSA) is 17.1 Å². The van der Waals surface area contributed by atoms with Gasteiger partial charge in [-0.3, -0.25) is 4.57 Å². The SMILES string of the molecule is [13CH3]P(=O)(Cl)Cl. The molecule has 0 atom stereocenters. The van der Waals surface area contributed by atoms with E-state index in [-0.39, 0.29) is 0 Å². The molecule has 5 heavy (non-hydrogen) atoms. The van der Waals surface area contributed by atoms with Crippen molar-refractivity contribution in [3.63, 3.8) is 0 Å². The van der Waals surface area contributed by atoms with Gasteiger partial charge in [0.25, 0.3) is 0 Å². The summed E-state index contributed by atoms with van der Waals surface area (Å²) < 4.78 is 9.75. The summed E-state index contributed by atoms with van der Waals surface area (Å²) in [5, 5.41) is 0. The standard InChI is InChI=1S/CH3Cl2OP/c1-5(2,3)4/h1H3/i1+1. The molecule has 0 aromatic heterocycles. The van der Waals surface area contributed by atoms with Crippen LogP contribution in [0, 0.1) is 0 Å². The Morgan fingerprint density at radius 1 is 1.60 bits per heavy atom. The maximum atomic E-state index is 9.75. The van der Waals surface area contributed by atoms with E-state index in [0.717, 1.165) is 0 Å². The average Bonchev–Trinajstić information content (AvgIpc) is 0.722. The van der Waals surface area contributed by atoms with Crippen LogP contribution in [0.5, 0.6) is 0 Å². The Hall–Kier alpha value is 0.810. The molecule has 0 aliphatic carbocycles. The van der Waals surface area contributed by atoms with E-state index in [0.29, 0.717) is 0 Å². The first-order valence-electron chi connectivity index (χ1n) is 0.968. The maximum Gasteiger partial charge on any atom is 0.250 e. The molecule has 0 spiro atoms. The van der Waals surface area contributed by atoms with Gasteiger partial charge >= 0.3 is 0 Å². The highest BCUT2D eigenvalue weighted by atomic mass is 35.9. The van der Waals surface area contributed by atoms with Gasteiger partial charge in [0, 0.05) is 6.66 Å². The summed E-state index contributed by atoms with van der Waals surface area (Å²) >= 11 is 9.70. The Morgan fingerprint density at radius 2 is 1.60 bits per heavy atom. The molecule has 0 saturated carbocycles. The quantitative estimate of drug-likeness (QED) is 0.366. The van der Waals surface area contributed by atoms with Crippen LogP contribution in [0.4, 0.5) is 0 Å². The molecule has 0 rings (SSSR count). The van der Waals surface area contributed by atoms with Crippen molar-refractivity contribution in [3.8, 4) is 0 Å². The lowest BCUT2D eigenvalue weighted by Crippen LogP contribution is -1.37. The van der Waals surface area contributed by atoms with Gasteiger partial charge in [-0.1, -0.05) is 0 Å². The molecule has 0 aromatic rings. The van der Waals surface area contributed by atoms with E-state index < -0.39 is 5.85 Å².